The van der Waals surface area contributed by atoms with Crippen molar-refractivity contribution in [3.8, 4) is 0 Å². The summed E-state index contributed by atoms with van der Waals surface area (Å²) in [5.41, 5.74) is 0.404. The molecule has 0 bridgehead atoms. The molecule has 0 N–H and O–H groups in total. The zero-order valence-electron chi connectivity index (χ0n) is 9.12. The lowest BCUT2D eigenvalue weighted by Gasteiger charge is -2.18. The van der Waals surface area contributed by atoms with Crippen LogP contribution in [-0.2, 0) is 9.53 Å². The Bertz CT molecular complexity index is 429. The van der Waals surface area contributed by atoms with Crippen LogP contribution in [0.2, 0.25) is 5.02 Å². The van der Waals surface area contributed by atoms with Crippen molar-refractivity contribution in [2.75, 3.05) is 6.61 Å². The molecule has 0 unspecified atom stereocenters. The van der Waals surface area contributed by atoms with Crippen LogP contribution < -0.4 is 0 Å². The van der Waals surface area contributed by atoms with E-state index >= 15 is 0 Å². The van der Waals surface area contributed by atoms with Gasteiger partial charge in [0.15, 0.2) is 5.78 Å². The smallest absolute Gasteiger partial charge is 0.181 e. The average molecular weight is 382 g/mol. The molecule has 1 aromatic rings. The van der Waals surface area contributed by atoms with E-state index in [4.69, 9.17) is 16.3 Å². The second kappa shape index (κ2) is 5.00. The molecule has 3 atom stereocenters. The van der Waals surface area contributed by atoms with Gasteiger partial charge in [0, 0.05) is 5.02 Å². The number of epoxide rings is 1. The van der Waals surface area contributed by atoms with Gasteiger partial charge in [0.05, 0.1) is 16.3 Å². The number of alkyl halides is 2. The molecule has 0 radical (unpaired) electrons. The van der Waals surface area contributed by atoms with E-state index < -0.39 is 5.60 Å². The molecule has 0 saturated carbocycles. The number of hydrogen-bond acceptors (Lipinski definition) is 2. The van der Waals surface area contributed by atoms with E-state index in [9.17, 15) is 4.79 Å². The number of ether oxygens (including phenoxy) is 1. The first-order valence-corrected chi connectivity index (χ1v) is 7.37. The fraction of sp³-hybridized carbons (Fsp3) is 0.417. The number of Topliss-reactive ketones (excluding diaryl/α,β-unsaturated/α-hetero) is 1. The Labute approximate surface area is 122 Å². The summed E-state index contributed by atoms with van der Waals surface area (Å²) in [6, 6.07) is 7.42. The zero-order valence-corrected chi connectivity index (χ0v) is 13.0. The van der Waals surface area contributed by atoms with Crippen molar-refractivity contribution in [3.63, 3.8) is 0 Å². The Kier molecular flexibility index (Phi) is 3.98. The van der Waals surface area contributed by atoms with Gasteiger partial charge in [-0.25, -0.2) is 0 Å². The van der Waals surface area contributed by atoms with Gasteiger partial charge in [-0.15, -0.1) is 0 Å². The largest absolute Gasteiger partial charge is 0.362 e. The maximum atomic E-state index is 12.1. The minimum atomic E-state index is -0.605. The minimum Gasteiger partial charge on any atom is -0.362 e. The summed E-state index contributed by atoms with van der Waals surface area (Å²) in [5, 5.41) is 0.684. The van der Waals surface area contributed by atoms with Crippen LogP contribution in [0, 0.1) is 0 Å². The van der Waals surface area contributed by atoms with Gasteiger partial charge in [-0.2, -0.15) is 0 Å². The predicted molar refractivity (Wildman–Crippen MR) is 75.2 cm³/mol. The monoisotopic (exact) mass is 380 g/mol. The van der Waals surface area contributed by atoms with E-state index in [-0.39, 0.29) is 15.4 Å². The van der Waals surface area contributed by atoms with E-state index in [1.54, 1.807) is 0 Å². The number of rotatable bonds is 4. The van der Waals surface area contributed by atoms with Crippen molar-refractivity contribution in [1.29, 1.82) is 0 Å². The van der Waals surface area contributed by atoms with Gasteiger partial charge in [0.1, 0.15) is 5.60 Å². The van der Waals surface area contributed by atoms with Gasteiger partial charge in [-0.1, -0.05) is 55.6 Å². The SMILES string of the molecule is C[C@]1(C(=O)[C@@H](Br)[C@H](Br)c2ccc(Cl)cc2)CO1. The topological polar surface area (TPSA) is 29.6 Å². The van der Waals surface area contributed by atoms with Crippen LogP contribution in [0.5, 0.6) is 0 Å². The van der Waals surface area contributed by atoms with E-state index in [1.165, 1.54) is 0 Å². The molecule has 0 aliphatic carbocycles. The Balaban J connectivity index is 2.11. The fourth-order valence-electron chi connectivity index (χ4n) is 1.49. The lowest BCUT2D eigenvalue weighted by molar-refractivity contribution is -0.122. The fourth-order valence-corrected chi connectivity index (χ4v) is 2.95. The molecule has 1 aromatic carbocycles. The maximum Gasteiger partial charge on any atom is 0.181 e. The third-order valence-electron chi connectivity index (χ3n) is 2.79. The van der Waals surface area contributed by atoms with E-state index in [0.717, 1.165) is 5.56 Å². The highest BCUT2D eigenvalue weighted by Gasteiger charge is 2.50. The third kappa shape index (κ3) is 2.92. The molecule has 2 rings (SSSR count). The maximum absolute atomic E-state index is 12.1. The first kappa shape index (κ1) is 13.5. The van der Waals surface area contributed by atoms with Crippen LogP contribution in [0.4, 0.5) is 0 Å². The van der Waals surface area contributed by atoms with E-state index in [1.807, 2.05) is 31.2 Å². The molecule has 0 aromatic heterocycles. The Hall–Kier alpha value is 0.1000. The highest BCUT2D eigenvalue weighted by molar-refractivity contribution is 9.12. The first-order valence-electron chi connectivity index (χ1n) is 5.16. The number of hydrogen-bond donors (Lipinski definition) is 0. The average Bonchev–Trinajstić information content (AvgIpc) is 3.07. The highest BCUT2D eigenvalue weighted by atomic mass is 79.9. The Morgan fingerprint density at radius 2 is 1.94 bits per heavy atom. The summed E-state index contributed by atoms with van der Waals surface area (Å²) in [6.07, 6.45) is 0. The molecule has 5 heteroatoms. The van der Waals surface area contributed by atoms with E-state index in [2.05, 4.69) is 31.9 Å². The molecule has 1 aliphatic rings. The summed E-state index contributed by atoms with van der Waals surface area (Å²) in [7, 11) is 0. The van der Waals surface area contributed by atoms with Gasteiger partial charge in [-0.05, 0) is 24.6 Å². The molecule has 17 heavy (non-hydrogen) atoms. The molecule has 1 saturated heterocycles. The lowest BCUT2D eigenvalue weighted by atomic mass is 10.00. The number of carbonyl (C=O) groups excluding carboxylic acids is 1. The molecule has 92 valence electrons. The molecule has 0 amide bonds. The van der Waals surface area contributed by atoms with Crippen LogP contribution in [0.1, 0.15) is 17.3 Å². The molecule has 1 fully saturated rings. The van der Waals surface area contributed by atoms with Crippen molar-refractivity contribution >= 4 is 49.2 Å². The van der Waals surface area contributed by atoms with Crippen LogP contribution in [0.25, 0.3) is 0 Å². The highest BCUT2D eigenvalue weighted by Crippen LogP contribution is 2.38. The van der Waals surface area contributed by atoms with Gasteiger partial charge < -0.3 is 4.74 Å². The van der Waals surface area contributed by atoms with Crippen molar-refractivity contribution in [1.82, 2.24) is 0 Å². The van der Waals surface area contributed by atoms with Crippen molar-refractivity contribution < 1.29 is 9.53 Å². The molecule has 1 heterocycles. The third-order valence-corrected chi connectivity index (χ3v) is 5.76. The minimum absolute atomic E-state index is 0.0642. The predicted octanol–water partition coefficient (Wildman–Crippen LogP) is 3.90. The Morgan fingerprint density at radius 3 is 2.41 bits per heavy atom. The van der Waals surface area contributed by atoms with Gasteiger partial charge >= 0.3 is 0 Å². The van der Waals surface area contributed by atoms with Gasteiger partial charge in [0.25, 0.3) is 0 Å². The summed E-state index contributed by atoms with van der Waals surface area (Å²) >= 11 is 12.8. The number of carbonyl (C=O) groups is 1. The molecule has 1 aliphatic heterocycles. The van der Waals surface area contributed by atoms with E-state index in [0.29, 0.717) is 11.6 Å². The summed E-state index contributed by atoms with van der Waals surface area (Å²) in [4.78, 5) is 11.7. The second-order valence-corrected chi connectivity index (χ2v) is 6.65. The first-order chi connectivity index (χ1) is 7.94. The second-order valence-electron chi connectivity index (χ2n) is 4.24. The Morgan fingerprint density at radius 1 is 1.41 bits per heavy atom. The standard InChI is InChI=1S/C12H11Br2ClO2/c1-12(6-17-12)11(16)10(14)9(13)7-2-4-8(15)5-3-7/h2-5,9-10H,6H2,1H3/t9-,10+,12-/m1/s1. The normalized spacial score (nSPS) is 26.4. The quantitative estimate of drug-likeness (QED) is 0.584. The van der Waals surface area contributed by atoms with Crippen LogP contribution in [0.3, 0.4) is 0 Å². The van der Waals surface area contributed by atoms with Gasteiger partial charge in [-0.3, -0.25) is 4.79 Å². The van der Waals surface area contributed by atoms with Crippen molar-refractivity contribution in [2.45, 2.75) is 22.2 Å². The molecule has 0 spiro atoms. The number of ketones is 1. The van der Waals surface area contributed by atoms with Crippen LogP contribution >= 0.6 is 43.5 Å². The zero-order chi connectivity index (χ0) is 12.6. The molecule has 2 nitrogen and oxygen atoms in total. The lowest BCUT2D eigenvalue weighted by Crippen LogP contribution is -2.31. The van der Waals surface area contributed by atoms with Crippen molar-refractivity contribution in [2.24, 2.45) is 0 Å². The van der Waals surface area contributed by atoms with Gasteiger partial charge in [0.2, 0.25) is 0 Å². The summed E-state index contributed by atoms with van der Waals surface area (Å²) in [5.74, 6) is 0.0642. The molecular formula is C12H11Br2ClO2. The number of halogens is 3. The summed E-state index contributed by atoms with van der Waals surface area (Å²) in [6.45, 7) is 2.32. The van der Waals surface area contributed by atoms with Crippen LogP contribution in [0.15, 0.2) is 24.3 Å². The number of benzene rings is 1. The van der Waals surface area contributed by atoms with Crippen molar-refractivity contribution in [3.05, 3.63) is 34.9 Å². The summed E-state index contributed by atoms with van der Waals surface area (Å²) < 4.78 is 5.16. The molecular weight excluding hydrogens is 371 g/mol. The van der Waals surface area contributed by atoms with Crippen LogP contribution in [-0.4, -0.2) is 22.8 Å².